The zero-order valence-corrected chi connectivity index (χ0v) is 16.5. The Hall–Kier alpha value is -2.15. The number of aromatic nitrogens is 2. The molecule has 1 aromatic carbocycles. The van der Waals surface area contributed by atoms with E-state index in [0.29, 0.717) is 12.4 Å². The lowest BCUT2D eigenvalue weighted by Crippen LogP contribution is -2.33. The molecule has 0 bridgehead atoms. The number of nitrogens with zero attached hydrogens (tertiary/aromatic N) is 3. The van der Waals surface area contributed by atoms with Crippen LogP contribution in [-0.4, -0.2) is 43.0 Å². The molecular formula is C19H26N4O2S. The van der Waals surface area contributed by atoms with Gasteiger partial charge in [0, 0.05) is 25.0 Å². The number of sulfone groups is 1. The van der Waals surface area contributed by atoms with Crippen LogP contribution in [0.2, 0.25) is 0 Å². The van der Waals surface area contributed by atoms with E-state index in [-0.39, 0.29) is 23.0 Å². The minimum absolute atomic E-state index is 0.00377. The van der Waals surface area contributed by atoms with Gasteiger partial charge in [-0.15, -0.1) is 0 Å². The Morgan fingerprint density at radius 1 is 1.19 bits per heavy atom. The highest BCUT2D eigenvalue weighted by Crippen LogP contribution is 2.31. The topological polar surface area (TPSA) is 75.2 Å². The van der Waals surface area contributed by atoms with Crippen LogP contribution in [0.3, 0.4) is 0 Å². The first-order valence-electron chi connectivity index (χ1n) is 8.78. The molecule has 1 aliphatic heterocycles. The predicted octanol–water partition coefficient (Wildman–Crippen LogP) is 3.14. The summed E-state index contributed by atoms with van der Waals surface area (Å²) in [5.41, 5.74) is 2.16. The van der Waals surface area contributed by atoms with Gasteiger partial charge >= 0.3 is 0 Å². The van der Waals surface area contributed by atoms with Crippen molar-refractivity contribution in [2.24, 2.45) is 0 Å². The molecule has 6 nitrogen and oxygen atoms in total. The van der Waals surface area contributed by atoms with E-state index in [1.807, 2.05) is 36.2 Å². The average molecular weight is 375 g/mol. The Morgan fingerprint density at radius 3 is 2.58 bits per heavy atom. The third-order valence-corrected chi connectivity index (χ3v) is 6.49. The summed E-state index contributed by atoms with van der Waals surface area (Å²) < 4.78 is 23.5. The number of para-hydroxylation sites is 1. The van der Waals surface area contributed by atoms with E-state index in [2.05, 4.69) is 42.1 Å². The van der Waals surface area contributed by atoms with Gasteiger partial charge < -0.3 is 10.2 Å². The van der Waals surface area contributed by atoms with Crippen LogP contribution in [0.15, 0.2) is 36.5 Å². The molecule has 0 saturated carbocycles. The van der Waals surface area contributed by atoms with Gasteiger partial charge in [-0.3, -0.25) is 0 Å². The molecule has 3 rings (SSSR count). The first kappa shape index (κ1) is 18.6. The van der Waals surface area contributed by atoms with Crippen LogP contribution in [0.4, 0.5) is 17.5 Å². The van der Waals surface area contributed by atoms with Gasteiger partial charge in [-0.1, -0.05) is 39.0 Å². The molecule has 0 amide bonds. The molecule has 1 aliphatic rings. The highest BCUT2D eigenvalue weighted by molar-refractivity contribution is 7.91. The molecule has 0 radical (unpaired) electrons. The third kappa shape index (κ3) is 4.15. The first-order valence-corrected chi connectivity index (χ1v) is 10.6. The maximum atomic E-state index is 11.7. The number of nitrogens with one attached hydrogen (secondary N) is 1. The second-order valence-corrected chi connectivity index (χ2v) is 10.1. The van der Waals surface area contributed by atoms with Crippen molar-refractivity contribution in [3.05, 3.63) is 42.1 Å². The molecule has 0 spiro atoms. The number of hydrogen-bond donors (Lipinski definition) is 1. The average Bonchev–Trinajstić information content (AvgIpc) is 2.94. The summed E-state index contributed by atoms with van der Waals surface area (Å²) in [6, 6.07) is 9.90. The lowest BCUT2D eigenvalue weighted by Gasteiger charge is -2.25. The molecule has 2 heterocycles. The zero-order valence-electron chi connectivity index (χ0n) is 15.7. The van der Waals surface area contributed by atoms with Crippen LogP contribution in [0.25, 0.3) is 0 Å². The van der Waals surface area contributed by atoms with Crippen molar-refractivity contribution in [2.75, 3.05) is 28.8 Å². The quantitative estimate of drug-likeness (QED) is 0.886. The second kappa shape index (κ2) is 6.87. The standard InChI is InChI=1S/C19H26N4O2S/c1-19(2,3)15-7-5-6-8-16(15)21-18-20-11-9-17(22-18)23(4)14-10-12-26(24,25)13-14/h5-9,11,14H,10,12-13H2,1-4H3,(H,20,21,22). The summed E-state index contributed by atoms with van der Waals surface area (Å²) in [6.07, 6.45) is 2.34. The molecule has 140 valence electrons. The molecule has 1 saturated heterocycles. The van der Waals surface area contributed by atoms with Gasteiger partial charge in [-0.2, -0.15) is 4.98 Å². The first-order chi connectivity index (χ1) is 12.2. The van der Waals surface area contributed by atoms with E-state index >= 15 is 0 Å². The van der Waals surface area contributed by atoms with Crippen molar-refractivity contribution in [2.45, 2.75) is 38.6 Å². The maximum Gasteiger partial charge on any atom is 0.229 e. The molecule has 1 unspecified atom stereocenters. The summed E-state index contributed by atoms with van der Waals surface area (Å²) in [4.78, 5) is 10.9. The van der Waals surface area contributed by atoms with Crippen molar-refractivity contribution in [1.82, 2.24) is 9.97 Å². The number of anilines is 3. The Balaban J connectivity index is 1.83. The fourth-order valence-corrected chi connectivity index (χ4v) is 5.01. The monoisotopic (exact) mass is 374 g/mol. The maximum absolute atomic E-state index is 11.7. The van der Waals surface area contributed by atoms with Crippen LogP contribution < -0.4 is 10.2 Å². The highest BCUT2D eigenvalue weighted by atomic mass is 32.2. The molecule has 2 aromatic rings. The van der Waals surface area contributed by atoms with Crippen LogP contribution in [0.5, 0.6) is 0 Å². The van der Waals surface area contributed by atoms with Crippen molar-refractivity contribution >= 4 is 27.3 Å². The lowest BCUT2D eigenvalue weighted by molar-refractivity contribution is 0.592. The fraction of sp³-hybridized carbons (Fsp3) is 0.474. The van der Waals surface area contributed by atoms with E-state index in [1.54, 1.807) is 6.20 Å². The molecule has 0 aliphatic carbocycles. The Morgan fingerprint density at radius 2 is 1.92 bits per heavy atom. The summed E-state index contributed by atoms with van der Waals surface area (Å²) in [5.74, 6) is 1.66. The van der Waals surface area contributed by atoms with Gasteiger partial charge in [0.15, 0.2) is 9.84 Å². The van der Waals surface area contributed by atoms with Crippen molar-refractivity contribution in [1.29, 1.82) is 0 Å². The molecular weight excluding hydrogens is 348 g/mol. The van der Waals surface area contributed by atoms with Crippen LogP contribution in [0.1, 0.15) is 32.8 Å². The second-order valence-electron chi connectivity index (χ2n) is 7.83. The SMILES string of the molecule is CN(c1ccnc(Nc2ccccc2C(C)(C)C)n1)C1CCS(=O)(=O)C1. The van der Waals surface area contributed by atoms with Crippen molar-refractivity contribution in [3.8, 4) is 0 Å². The largest absolute Gasteiger partial charge is 0.355 e. The van der Waals surface area contributed by atoms with E-state index < -0.39 is 9.84 Å². The van der Waals surface area contributed by atoms with Gasteiger partial charge in [-0.05, 0) is 29.5 Å². The van der Waals surface area contributed by atoms with E-state index in [0.717, 1.165) is 11.5 Å². The molecule has 1 aromatic heterocycles. The van der Waals surface area contributed by atoms with Crippen LogP contribution in [-0.2, 0) is 15.3 Å². The number of hydrogen-bond acceptors (Lipinski definition) is 6. The molecule has 1 fully saturated rings. The summed E-state index contributed by atoms with van der Waals surface area (Å²) in [7, 11) is -1.04. The molecule has 26 heavy (non-hydrogen) atoms. The summed E-state index contributed by atoms with van der Waals surface area (Å²) in [6.45, 7) is 6.50. The predicted molar refractivity (Wildman–Crippen MR) is 106 cm³/mol. The fourth-order valence-electron chi connectivity index (χ4n) is 3.24. The van der Waals surface area contributed by atoms with Gasteiger partial charge in [0.25, 0.3) is 0 Å². The minimum atomic E-state index is -2.93. The number of rotatable bonds is 4. The molecule has 1 N–H and O–H groups in total. The number of benzene rings is 1. The van der Waals surface area contributed by atoms with E-state index in [1.165, 1.54) is 5.56 Å². The minimum Gasteiger partial charge on any atom is -0.355 e. The molecule has 7 heteroatoms. The zero-order chi connectivity index (χ0) is 18.9. The lowest BCUT2D eigenvalue weighted by atomic mass is 9.86. The van der Waals surface area contributed by atoms with E-state index in [4.69, 9.17) is 0 Å². The smallest absolute Gasteiger partial charge is 0.229 e. The Labute approximate surface area is 155 Å². The van der Waals surface area contributed by atoms with E-state index in [9.17, 15) is 8.42 Å². The third-order valence-electron chi connectivity index (χ3n) is 4.74. The van der Waals surface area contributed by atoms with Crippen LogP contribution in [0, 0.1) is 0 Å². The summed E-state index contributed by atoms with van der Waals surface area (Å²) in [5, 5.41) is 3.31. The van der Waals surface area contributed by atoms with Crippen molar-refractivity contribution < 1.29 is 8.42 Å². The Kier molecular flexibility index (Phi) is 4.92. The van der Waals surface area contributed by atoms with Crippen molar-refractivity contribution in [3.63, 3.8) is 0 Å². The Bertz CT molecular complexity index is 890. The van der Waals surface area contributed by atoms with Gasteiger partial charge in [0.1, 0.15) is 5.82 Å². The van der Waals surface area contributed by atoms with Gasteiger partial charge in [0.05, 0.1) is 11.5 Å². The highest BCUT2D eigenvalue weighted by Gasteiger charge is 2.31. The van der Waals surface area contributed by atoms with Crippen LogP contribution >= 0.6 is 0 Å². The van der Waals surface area contributed by atoms with Gasteiger partial charge in [0.2, 0.25) is 5.95 Å². The molecule has 1 atom stereocenters. The normalized spacial score (nSPS) is 19.3. The van der Waals surface area contributed by atoms with Gasteiger partial charge in [-0.25, -0.2) is 13.4 Å². The summed E-state index contributed by atoms with van der Waals surface area (Å²) >= 11 is 0.